The molecule has 1 amide bonds. The van der Waals surface area contributed by atoms with E-state index < -0.39 is 0 Å². The number of ether oxygens (including phenoxy) is 2. The lowest BCUT2D eigenvalue weighted by atomic mass is 9.69. The fourth-order valence-electron chi connectivity index (χ4n) is 8.37. The molecule has 2 saturated heterocycles. The third-order valence-electron chi connectivity index (χ3n) is 10.6. The van der Waals surface area contributed by atoms with Gasteiger partial charge in [-0.05, 0) is 83.1 Å². The van der Waals surface area contributed by atoms with Gasteiger partial charge in [-0.15, -0.1) is 11.6 Å². The molecule has 5 rings (SSSR count). The molecule has 232 valence electrons. The number of fused-ring (bicyclic) bond motifs is 1. The van der Waals surface area contributed by atoms with Gasteiger partial charge in [-0.1, -0.05) is 25.7 Å². The van der Waals surface area contributed by atoms with Gasteiger partial charge in [0.1, 0.15) is 0 Å². The minimum absolute atomic E-state index is 0.00167. The molecule has 2 heterocycles. The molecule has 8 nitrogen and oxygen atoms in total. The van der Waals surface area contributed by atoms with Crippen molar-refractivity contribution in [2.75, 3.05) is 26.3 Å². The van der Waals surface area contributed by atoms with Crippen LogP contribution in [0.25, 0.3) is 0 Å². The van der Waals surface area contributed by atoms with E-state index in [9.17, 15) is 10.1 Å². The first-order valence-electron chi connectivity index (χ1n) is 16.8. The van der Waals surface area contributed by atoms with Gasteiger partial charge in [0, 0.05) is 43.7 Å². The number of nitriles is 1. The molecule has 0 radical (unpaired) electrons. The van der Waals surface area contributed by atoms with Gasteiger partial charge >= 0.3 is 0 Å². The van der Waals surface area contributed by atoms with Crippen LogP contribution >= 0.6 is 11.6 Å². The summed E-state index contributed by atoms with van der Waals surface area (Å²) in [4.78, 5) is 13.1. The van der Waals surface area contributed by atoms with Crippen LogP contribution < -0.4 is 21.3 Å². The van der Waals surface area contributed by atoms with Crippen molar-refractivity contribution in [3.05, 3.63) is 0 Å². The van der Waals surface area contributed by atoms with Crippen molar-refractivity contribution in [1.82, 2.24) is 21.3 Å². The Bertz CT molecular complexity index is 861. The molecule has 2 aliphatic heterocycles. The molecular weight excluding hydrogens is 538 g/mol. The second-order valence-corrected chi connectivity index (χ2v) is 14.1. The lowest BCUT2D eigenvalue weighted by Gasteiger charge is -2.50. The molecule has 0 bridgehead atoms. The summed E-state index contributed by atoms with van der Waals surface area (Å²) in [6.07, 6.45) is 15.1. The van der Waals surface area contributed by atoms with Crippen LogP contribution in [0.3, 0.4) is 0 Å². The van der Waals surface area contributed by atoms with E-state index >= 15 is 0 Å². The summed E-state index contributed by atoms with van der Waals surface area (Å²) in [5.41, 5.74) is 0. The first-order chi connectivity index (χ1) is 20.0. The van der Waals surface area contributed by atoms with Crippen molar-refractivity contribution in [1.29, 1.82) is 5.26 Å². The fourth-order valence-corrected chi connectivity index (χ4v) is 8.79. The zero-order valence-corrected chi connectivity index (χ0v) is 25.9. The van der Waals surface area contributed by atoms with Crippen molar-refractivity contribution >= 4 is 17.5 Å². The van der Waals surface area contributed by atoms with Crippen LogP contribution in [0.15, 0.2) is 0 Å². The number of halogens is 1. The van der Waals surface area contributed by atoms with E-state index in [1.165, 1.54) is 51.4 Å². The molecule has 3 saturated carbocycles. The van der Waals surface area contributed by atoms with Gasteiger partial charge in [-0.3, -0.25) is 4.79 Å². The van der Waals surface area contributed by atoms with E-state index in [0.717, 1.165) is 45.3 Å². The maximum absolute atomic E-state index is 13.1. The number of rotatable bonds is 10. The molecule has 0 aromatic carbocycles. The first kappa shape index (κ1) is 31.5. The molecular formula is C32H54ClN5O3. The van der Waals surface area contributed by atoms with E-state index in [0.29, 0.717) is 31.5 Å². The number of carbonyl (C=O) groups is 1. The molecule has 0 aromatic heterocycles. The molecule has 10 atom stereocenters. The Morgan fingerprint density at radius 2 is 1.80 bits per heavy atom. The third-order valence-corrected chi connectivity index (χ3v) is 11.1. The summed E-state index contributed by atoms with van der Waals surface area (Å²) in [6.45, 7) is 5.19. The van der Waals surface area contributed by atoms with Gasteiger partial charge in [0.25, 0.3) is 0 Å². The van der Waals surface area contributed by atoms with E-state index in [1.54, 1.807) is 0 Å². The number of nitrogens with zero attached hydrogens (tertiary/aromatic N) is 1. The average Bonchev–Trinajstić information content (AvgIpc) is 2.98. The molecule has 4 N–H and O–H groups in total. The minimum Gasteiger partial charge on any atom is -0.376 e. The summed E-state index contributed by atoms with van der Waals surface area (Å²) in [5.74, 6) is 0.826. The number of hydrogen-bond donors (Lipinski definition) is 4. The lowest BCUT2D eigenvalue weighted by molar-refractivity contribution is -0.125. The quantitative estimate of drug-likeness (QED) is 0.284. The minimum atomic E-state index is -0.112. The Morgan fingerprint density at radius 3 is 2.54 bits per heavy atom. The van der Waals surface area contributed by atoms with Crippen molar-refractivity contribution in [2.24, 2.45) is 17.8 Å². The highest BCUT2D eigenvalue weighted by molar-refractivity contribution is 6.21. The van der Waals surface area contributed by atoms with Crippen LogP contribution in [0.4, 0.5) is 0 Å². The Balaban J connectivity index is 1.18. The van der Waals surface area contributed by atoms with Crippen LogP contribution in [0.2, 0.25) is 0 Å². The predicted molar refractivity (Wildman–Crippen MR) is 162 cm³/mol. The first-order valence-corrected chi connectivity index (χ1v) is 17.3. The molecule has 10 unspecified atom stereocenters. The summed E-state index contributed by atoms with van der Waals surface area (Å²) >= 11 is 6.91. The molecule has 3 aliphatic carbocycles. The topological polar surface area (TPSA) is 107 Å². The molecule has 9 heteroatoms. The van der Waals surface area contributed by atoms with E-state index in [2.05, 4.69) is 27.3 Å². The van der Waals surface area contributed by atoms with Gasteiger partial charge in [-0.2, -0.15) is 5.26 Å². The van der Waals surface area contributed by atoms with Crippen molar-refractivity contribution < 1.29 is 14.3 Å². The standard InChI is InChI=1S/C32H54ClN5O3/c1-2-40-30-17-27-25(16-28(30)38-31(39)14-21-8-4-3-5-9-21)32(22(18-34)19-36-27)37-23-11-12-29(26(33)15-23)41-20-24-10-6-7-13-35-24/h21-30,32,35-37H,2-17,19-20H2,1H3,(H,38,39). The van der Waals surface area contributed by atoms with Crippen molar-refractivity contribution in [2.45, 2.75) is 145 Å². The number of hydrogen-bond acceptors (Lipinski definition) is 7. The number of piperidine rings is 2. The highest BCUT2D eigenvalue weighted by atomic mass is 35.5. The van der Waals surface area contributed by atoms with Gasteiger partial charge in [0.2, 0.25) is 5.91 Å². The van der Waals surface area contributed by atoms with Crippen LogP contribution in [-0.4, -0.2) is 80.0 Å². The normalized spacial score (nSPS) is 40.3. The molecule has 5 fully saturated rings. The van der Waals surface area contributed by atoms with Crippen LogP contribution in [0.1, 0.15) is 96.8 Å². The lowest BCUT2D eigenvalue weighted by Crippen LogP contribution is -2.66. The summed E-state index contributed by atoms with van der Waals surface area (Å²) < 4.78 is 12.5. The fraction of sp³-hybridized carbons (Fsp3) is 0.938. The van der Waals surface area contributed by atoms with Crippen molar-refractivity contribution in [3.8, 4) is 6.07 Å². The maximum atomic E-state index is 13.1. The predicted octanol–water partition coefficient (Wildman–Crippen LogP) is 4.01. The number of nitrogens with one attached hydrogen (secondary N) is 4. The highest BCUT2D eigenvalue weighted by Gasteiger charge is 2.47. The zero-order chi connectivity index (χ0) is 28.6. The largest absolute Gasteiger partial charge is 0.376 e. The molecule has 5 aliphatic rings. The van der Waals surface area contributed by atoms with Gasteiger partial charge in [-0.25, -0.2) is 0 Å². The second kappa shape index (κ2) is 15.7. The smallest absolute Gasteiger partial charge is 0.220 e. The number of carbonyl (C=O) groups excluding carboxylic acids is 1. The SMILES string of the molecule is CCOC1CC2NCC(C#N)C(NC3CCC(OCC4CCCCN4)C(Cl)C3)C2CC1NC(=O)CC1CCCCC1. The Labute approximate surface area is 252 Å². The maximum Gasteiger partial charge on any atom is 0.220 e. The Kier molecular flexibility index (Phi) is 12.0. The Hall–Kier alpha value is -0.950. The third kappa shape index (κ3) is 8.58. The zero-order valence-electron chi connectivity index (χ0n) is 25.1. The molecule has 0 aromatic rings. The molecule has 0 spiro atoms. The van der Waals surface area contributed by atoms with E-state index in [1.807, 2.05) is 6.92 Å². The monoisotopic (exact) mass is 591 g/mol. The summed E-state index contributed by atoms with van der Waals surface area (Å²) in [6, 6.07) is 3.64. The Morgan fingerprint density at radius 1 is 0.976 bits per heavy atom. The number of alkyl halides is 1. The van der Waals surface area contributed by atoms with Crippen LogP contribution in [-0.2, 0) is 14.3 Å². The van der Waals surface area contributed by atoms with Gasteiger partial charge < -0.3 is 30.7 Å². The van der Waals surface area contributed by atoms with Crippen molar-refractivity contribution in [3.63, 3.8) is 0 Å². The summed E-state index contributed by atoms with van der Waals surface area (Å²) in [5, 5.41) is 24.7. The van der Waals surface area contributed by atoms with E-state index in [-0.39, 0.29) is 59.5 Å². The molecule has 41 heavy (non-hydrogen) atoms. The highest BCUT2D eigenvalue weighted by Crippen LogP contribution is 2.37. The number of amides is 1. The summed E-state index contributed by atoms with van der Waals surface area (Å²) in [7, 11) is 0. The average molecular weight is 592 g/mol. The van der Waals surface area contributed by atoms with Crippen LogP contribution in [0.5, 0.6) is 0 Å². The second-order valence-electron chi connectivity index (χ2n) is 13.5. The van der Waals surface area contributed by atoms with Crippen LogP contribution in [0, 0.1) is 29.1 Å². The van der Waals surface area contributed by atoms with Gasteiger partial charge in [0.05, 0.1) is 42.2 Å². The van der Waals surface area contributed by atoms with E-state index in [4.69, 9.17) is 21.1 Å². The van der Waals surface area contributed by atoms with Gasteiger partial charge in [0.15, 0.2) is 0 Å².